The molecule has 0 saturated carbocycles. The number of rotatable bonds is 0. The lowest BCUT2D eigenvalue weighted by atomic mass is 10.2. The number of ether oxygens (including phenoxy) is 1. The fraction of sp³-hybridized carbons (Fsp3) is 0.857. The highest BCUT2D eigenvalue weighted by molar-refractivity contribution is 4.81. The Labute approximate surface area is 61.2 Å². The first-order valence-corrected chi connectivity index (χ1v) is 3.52. The molecule has 0 aromatic carbocycles. The highest BCUT2D eigenvalue weighted by atomic mass is 16.5. The summed E-state index contributed by atoms with van der Waals surface area (Å²) in [6, 6.07) is 0. The molecule has 0 amide bonds. The lowest BCUT2D eigenvalue weighted by Gasteiger charge is -2.31. The van der Waals surface area contributed by atoms with Crippen LogP contribution in [0.2, 0.25) is 0 Å². The van der Waals surface area contributed by atoms with Gasteiger partial charge in [-0.1, -0.05) is 0 Å². The van der Waals surface area contributed by atoms with Gasteiger partial charge in [-0.15, -0.1) is 0 Å². The number of morpholine rings is 1. The van der Waals surface area contributed by atoms with Crippen LogP contribution in [0.5, 0.6) is 0 Å². The lowest BCUT2D eigenvalue weighted by Crippen LogP contribution is -2.42. The first-order valence-electron chi connectivity index (χ1n) is 3.52. The molecule has 1 saturated heterocycles. The smallest absolute Gasteiger partial charge is 0.179 e. The molecule has 0 aromatic rings. The van der Waals surface area contributed by atoms with E-state index in [1.54, 1.807) is 4.90 Å². The number of hydrogen-bond acceptors (Lipinski definition) is 3. The zero-order valence-electron chi connectivity index (χ0n) is 6.37. The minimum Gasteiger partial charge on any atom is -0.372 e. The Morgan fingerprint density at radius 2 is 1.90 bits per heavy atom. The Bertz CT molecular complexity index is 142. The van der Waals surface area contributed by atoms with Gasteiger partial charge in [-0.3, -0.25) is 0 Å². The van der Waals surface area contributed by atoms with Crippen LogP contribution in [0.1, 0.15) is 13.8 Å². The molecule has 0 aromatic heterocycles. The third-order valence-corrected chi connectivity index (χ3v) is 1.56. The topological polar surface area (TPSA) is 36.3 Å². The minimum atomic E-state index is 0.198. The van der Waals surface area contributed by atoms with Gasteiger partial charge in [0.1, 0.15) is 0 Å². The molecule has 3 heteroatoms. The van der Waals surface area contributed by atoms with Crippen molar-refractivity contribution in [2.45, 2.75) is 26.1 Å². The molecule has 0 aliphatic carbocycles. The number of nitriles is 1. The summed E-state index contributed by atoms with van der Waals surface area (Å²) in [7, 11) is 0. The molecule has 3 nitrogen and oxygen atoms in total. The lowest BCUT2D eigenvalue weighted by molar-refractivity contribution is -0.0516. The quantitative estimate of drug-likeness (QED) is 0.462. The van der Waals surface area contributed by atoms with Crippen molar-refractivity contribution in [3.05, 3.63) is 0 Å². The Morgan fingerprint density at radius 3 is 2.30 bits per heavy atom. The van der Waals surface area contributed by atoms with Gasteiger partial charge in [-0.25, -0.2) is 0 Å². The summed E-state index contributed by atoms with van der Waals surface area (Å²) in [4.78, 5) is 1.73. The molecule has 1 aliphatic rings. The zero-order valence-corrected chi connectivity index (χ0v) is 6.37. The summed E-state index contributed by atoms with van der Waals surface area (Å²) in [6.07, 6.45) is 2.51. The van der Waals surface area contributed by atoms with E-state index in [1.807, 2.05) is 13.8 Å². The van der Waals surface area contributed by atoms with E-state index in [4.69, 9.17) is 10.00 Å². The van der Waals surface area contributed by atoms with E-state index in [9.17, 15) is 0 Å². The summed E-state index contributed by atoms with van der Waals surface area (Å²) < 4.78 is 5.43. The standard InChI is InChI=1S/C7H12N2O/c1-6-3-9(5-8)4-7(2)10-6/h6-7H,3-4H2,1-2H3. The highest BCUT2D eigenvalue weighted by Gasteiger charge is 2.20. The van der Waals surface area contributed by atoms with Crippen molar-refractivity contribution in [3.8, 4) is 6.19 Å². The first-order chi connectivity index (χ1) is 4.72. The second-order valence-electron chi connectivity index (χ2n) is 2.76. The summed E-state index contributed by atoms with van der Waals surface area (Å²) in [5, 5.41) is 8.55. The molecule has 1 heterocycles. The minimum absolute atomic E-state index is 0.198. The summed E-state index contributed by atoms with van der Waals surface area (Å²) in [5.74, 6) is 0. The molecule has 0 spiro atoms. The van der Waals surface area contributed by atoms with Crippen molar-refractivity contribution in [1.82, 2.24) is 4.90 Å². The van der Waals surface area contributed by atoms with Gasteiger partial charge in [0.05, 0.1) is 25.3 Å². The van der Waals surface area contributed by atoms with Gasteiger partial charge in [0, 0.05) is 0 Å². The van der Waals surface area contributed by atoms with Gasteiger partial charge in [-0.2, -0.15) is 5.26 Å². The van der Waals surface area contributed by atoms with Gasteiger partial charge in [0.25, 0.3) is 0 Å². The SMILES string of the molecule is CC1CN(C#N)CC(C)O1. The molecule has 0 radical (unpaired) electrons. The fourth-order valence-corrected chi connectivity index (χ4v) is 1.26. The third-order valence-electron chi connectivity index (χ3n) is 1.56. The molecular weight excluding hydrogens is 128 g/mol. The van der Waals surface area contributed by atoms with E-state index in [1.165, 1.54) is 0 Å². The van der Waals surface area contributed by atoms with Crippen molar-refractivity contribution < 1.29 is 4.74 Å². The predicted octanol–water partition coefficient (Wildman–Crippen LogP) is 0.577. The molecule has 10 heavy (non-hydrogen) atoms. The molecule has 56 valence electrons. The van der Waals surface area contributed by atoms with Crippen LogP contribution in [0.15, 0.2) is 0 Å². The van der Waals surface area contributed by atoms with Gasteiger partial charge < -0.3 is 9.64 Å². The molecule has 1 fully saturated rings. The largest absolute Gasteiger partial charge is 0.372 e. The van der Waals surface area contributed by atoms with Crippen LogP contribution < -0.4 is 0 Å². The molecule has 2 atom stereocenters. The van der Waals surface area contributed by atoms with Gasteiger partial charge in [-0.05, 0) is 13.8 Å². The van der Waals surface area contributed by atoms with E-state index in [2.05, 4.69) is 6.19 Å². The Hall–Kier alpha value is -0.750. The van der Waals surface area contributed by atoms with Crippen LogP contribution in [-0.4, -0.2) is 30.2 Å². The summed E-state index contributed by atoms with van der Waals surface area (Å²) in [6.45, 7) is 5.45. The van der Waals surface area contributed by atoms with Gasteiger partial charge >= 0.3 is 0 Å². The molecule has 2 unspecified atom stereocenters. The molecule has 0 bridgehead atoms. The predicted molar refractivity (Wildman–Crippen MR) is 37.2 cm³/mol. The average Bonchev–Trinajstić information content (AvgIpc) is 1.85. The van der Waals surface area contributed by atoms with E-state index >= 15 is 0 Å². The second kappa shape index (κ2) is 2.89. The van der Waals surface area contributed by atoms with Crippen molar-refractivity contribution in [3.63, 3.8) is 0 Å². The van der Waals surface area contributed by atoms with Gasteiger partial charge in [0.15, 0.2) is 6.19 Å². The van der Waals surface area contributed by atoms with E-state index in [0.29, 0.717) is 0 Å². The molecular formula is C7H12N2O. The normalized spacial score (nSPS) is 33.5. The van der Waals surface area contributed by atoms with E-state index in [0.717, 1.165) is 13.1 Å². The van der Waals surface area contributed by atoms with Crippen molar-refractivity contribution >= 4 is 0 Å². The van der Waals surface area contributed by atoms with Crippen LogP contribution in [0.4, 0.5) is 0 Å². The Morgan fingerprint density at radius 1 is 1.40 bits per heavy atom. The van der Waals surface area contributed by atoms with Gasteiger partial charge in [0.2, 0.25) is 0 Å². The van der Waals surface area contributed by atoms with Crippen LogP contribution in [-0.2, 0) is 4.74 Å². The van der Waals surface area contributed by atoms with Crippen molar-refractivity contribution in [2.24, 2.45) is 0 Å². The van der Waals surface area contributed by atoms with Crippen molar-refractivity contribution in [1.29, 1.82) is 5.26 Å². The fourth-order valence-electron chi connectivity index (χ4n) is 1.26. The summed E-state index contributed by atoms with van der Waals surface area (Å²) in [5.41, 5.74) is 0. The number of hydrogen-bond donors (Lipinski definition) is 0. The summed E-state index contributed by atoms with van der Waals surface area (Å²) >= 11 is 0. The monoisotopic (exact) mass is 140 g/mol. The third kappa shape index (κ3) is 1.61. The maximum Gasteiger partial charge on any atom is 0.179 e. The Kier molecular flexibility index (Phi) is 2.13. The Balaban J connectivity index is 2.44. The molecule has 0 N–H and O–H groups in total. The molecule has 1 aliphatic heterocycles. The molecule has 1 rings (SSSR count). The van der Waals surface area contributed by atoms with E-state index in [-0.39, 0.29) is 12.2 Å². The first kappa shape index (κ1) is 7.36. The van der Waals surface area contributed by atoms with Crippen LogP contribution >= 0.6 is 0 Å². The highest BCUT2D eigenvalue weighted by Crippen LogP contribution is 2.08. The maximum atomic E-state index is 8.55. The van der Waals surface area contributed by atoms with Crippen LogP contribution in [0, 0.1) is 11.5 Å². The van der Waals surface area contributed by atoms with Crippen LogP contribution in [0.3, 0.4) is 0 Å². The van der Waals surface area contributed by atoms with Crippen LogP contribution in [0.25, 0.3) is 0 Å². The zero-order chi connectivity index (χ0) is 7.56. The maximum absolute atomic E-state index is 8.55. The van der Waals surface area contributed by atoms with E-state index < -0.39 is 0 Å². The van der Waals surface area contributed by atoms with Crippen molar-refractivity contribution in [2.75, 3.05) is 13.1 Å². The second-order valence-corrected chi connectivity index (χ2v) is 2.76. The number of nitrogens with zero attached hydrogens (tertiary/aromatic N) is 2. The average molecular weight is 140 g/mol.